The van der Waals surface area contributed by atoms with Crippen LogP contribution in [0.2, 0.25) is 0 Å². The van der Waals surface area contributed by atoms with E-state index in [1.165, 1.54) is 0 Å². The Morgan fingerprint density at radius 3 is 2.38 bits per heavy atom. The Balaban J connectivity index is 2.45. The molecule has 4 heteroatoms. The fourth-order valence-corrected chi connectivity index (χ4v) is 1.91. The number of carboxylic acids is 1. The first kappa shape index (κ1) is 10.5. The summed E-state index contributed by atoms with van der Waals surface area (Å²) in [4.78, 5) is 10.5. The SMILES string of the molecule is NC(CC1(O)CCCCC1)C(=O)O. The molecule has 4 nitrogen and oxygen atoms in total. The molecule has 0 aromatic heterocycles. The van der Waals surface area contributed by atoms with Gasteiger partial charge in [-0.3, -0.25) is 4.79 Å². The van der Waals surface area contributed by atoms with Crippen molar-refractivity contribution in [3.8, 4) is 0 Å². The van der Waals surface area contributed by atoms with Gasteiger partial charge >= 0.3 is 5.97 Å². The van der Waals surface area contributed by atoms with E-state index in [4.69, 9.17) is 10.8 Å². The zero-order valence-corrected chi connectivity index (χ0v) is 7.70. The molecule has 1 unspecified atom stereocenters. The Kier molecular flexibility index (Phi) is 3.27. The summed E-state index contributed by atoms with van der Waals surface area (Å²) in [6.45, 7) is 0. The van der Waals surface area contributed by atoms with Gasteiger partial charge in [-0.15, -0.1) is 0 Å². The Bertz CT molecular complexity index is 187. The van der Waals surface area contributed by atoms with Crippen molar-refractivity contribution in [2.75, 3.05) is 0 Å². The van der Waals surface area contributed by atoms with Crippen LogP contribution in [-0.2, 0) is 4.79 Å². The van der Waals surface area contributed by atoms with Crippen LogP contribution < -0.4 is 5.73 Å². The van der Waals surface area contributed by atoms with Crippen molar-refractivity contribution in [1.29, 1.82) is 0 Å². The average Bonchev–Trinajstić information content (AvgIpc) is 2.04. The van der Waals surface area contributed by atoms with Crippen LogP contribution >= 0.6 is 0 Å². The smallest absolute Gasteiger partial charge is 0.320 e. The zero-order valence-electron chi connectivity index (χ0n) is 7.70. The molecule has 0 aliphatic heterocycles. The molecule has 0 aromatic rings. The summed E-state index contributed by atoms with van der Waals surface area (Å²) in [6.07, 6.45) is 4.64. The first-order valence-corrected chi connectivity index (χ1v) is 4.74. The quantitative estimate of drug-likeness (QED) is 0.600. The minimum atomic E-state index is -1.03. The molecule has 4 N–H and O–H groups in total. The molecular weight excluding hydrogens is 170 g/mol. The number of hydrogen-bond acceptors (Lipinski definition) is 3. The highest BCUT2D eigenvalue weighted by Gasteiger charge is 2.32. The van der Waals surface area contributed by atoms with Gasteiger partial charge in [-0.05, 0) is 12.8 Å². The van der Waals surface area contributed by atoms with Crippen LogP contribution in [0.25, 0.3) is 0 Å². The molecule has 0 amide bonds. The Hall–Kier alpha value is -0.610. The van der Waals surface area contributed by atoms with E-state index >= 15 is 0 Å². The fraction of sp³-hybridized carbons (Fsp3) is 0.889. The second kappa shape index (κ2) is 4.07. The first-order chi connectivity index (χ1) is 6.03. The molecule has 1 saturated carbocycles. The molecule has 1 aliphatic rings. The Morgan fingerprint density at radius 2 is 1.92 bits per heavy atom. The second-order valence-corrected chi connectivity index (χ2v) is 3.93. The third-order valence-corrected chi connectivity index (χ3v) is 2.70. The van der Waals surface area contributed by atoms with E-state index in [1.54, 1.807) is 0 Å². The van der Waals surface area contributed by atoms with Crippen molar-refractivity contribution in [2.24, 2.45) is 5.73 Å². The van der Waals surface area contributed by atoms with Crippen molar-refractivity contribution in [3.63, 3.8) is 0 Å². The summed E-state index contributed by atoms with van der Waals surface area (Å²) in [5.41, 5.74) is 4.55. The Morgan fingerprint density at radius 1 is 1.38 bits per heavy atom. The van der Waals surface area contributed by atoms with E-state index in [9.17, 15) is 9.90 Å². The largest absolute Gasteiger partial charge is 0.480 e. The standard InChI is InChI=1S/C9H17NO3/c10-7(8(11)12)6-9(13)4-2-1-3-5-9/h7,13H,1-6,10H2,(H,11,12). The number of nitrogens with two attached hydrogens (primary N) is 1. The minimum absolute atomic E-state index is 0.183. The lowest BCUT2D eigenvalue weighted by Crippen LogP contribution is -2.42. The molecule has 0 spiro atoms. The number of carboxylic acid groups (broad SMARTS) is 1. The van der Waals surface area contributed by atoms with E-state index in [0.717, 1.165) is 19.3 Å². The number of aliphatic carboxylic acids is 1. The van der Waals surface area contributed by atoms with Gasteiger partial charge in [0.15, 0.2) is 0 Å². The van der Waals surface area contributed by atoms with Gasteiger partial charge in [-0.1, -0.05) is 19.3 Å². The fourth-order valence-electron chi connectivity index (χ4n) is 1.91. The molecule has 0 aromatic carbocycles. The van der Waals surface area contributed by atoms with Gasteiger partial charge in [0.25, 0.3) is 0 Å². The number of aliphatic hydroxyl groups is 1. The molecule has 0 heterocycles. The van der Waals surface area contributed by atoms with Crippen LogP contribution in [0.4, 0.5) is 0 Å². The molecule has 13 heavy (non-hydrogen) atoms. The zero-order chi connectivity index (χ0) is 9.90. The summed E-state index contributed by atoms with van der Waals surface area (Å²) in [5.74, 6) is -1.03. The van der Waals surface area contributed by atoms with Crippen molar-refractivity contribution < 1.29 is 15.0 Å². The molecule has 0 radical (unpaired) electrons. The molecule has 1 rings (SSSR count). The third-order valence-electron chi connectivity index (χ3n) is 2.70. The van der Waals surface area contributed by atoms with Gasteiger partial charge < -0.3 is 15.9 Å². The van der Waals surface area contributed by atoms with Gasteiger partial charge in [-0.25, -0.2) is 0 Å². The lowest BCUT2D eigenvalue weighted by molar-refractivity contribution is -0.140. The minimum Gasteiger partial charge on any atom is -0.480 e. The van der Waals surface area contributed by atoms with Crippen LogP contribution in [0.5, 0.6) is 0 Å². The van der Waals surface area contributed by atoms with Gasteiger partial charge in [0.05, 0.1) is 5.60 Å². The molecular formula is C9H17NO3. The first-order valence-electron chi connectivity index (χ1n) is 4.74. The van der Waals surface area contributed by atoms with Gasteiger partial charge in [0.1, 0.15) is 6.04 Å². The van der Waals surface area contributed by atoms with Crippen LogP contribution in [0.1, 0.15) is 38.5 Å². The van der Waals surface area contributed by atoms with Crippen molar-refractivity contribution in [1.82, 2.24) is 0 Å². The van der Waals surface area contributed by atoms with Crippen molar-refractivity contribution >= 4 is 5.97 Å². The van der Waals surface area contributed by atoms with E-state index < -0.39 is 17.6 Å². The highest BCUT2D eigenvalue weighted by atomic mass is 16.4. The maximum atomic E-state index is 10.5. The predicted molar refractivity (Wildman–Crippen MR) is 48.3 cm³/mol. The highest BCUT2D eigenvalue weighted by Crippen LogP contribution is 2.31. The van der Waals surface area contributed by atoms with Crippen LogP contribution in [0.3, 0.4) is 0 Å². The summed E-state index contributed by atoms with van der Waals surface area (Å²) < 4.78 is 0. The summed E-state index contributed by atoms with van der Waals surface area (Å²) in [5, 5.41) is 18.5. The molecule has 0 saturated heterocycles. The maximum Gasteiger partial charge on any atom is 0.320 e. The highest BCUT2D eigenvalue weighted by molar-refractivity contribution is 5.73. The van der Waals surface area contributed by atoms with Gasteiger partial charge in [-0.2, -0.15) is 0 Å². The normalized spacial score (nSPS) is 23.8. The summed E-state index contributed by atoms with van der Waals surface area (Å²) in [7, 11) is 0. The van der Waals surface area contributed by atoms with Gasteiger partial charge in [0.2, 0.25) is 0 Å². The summed E-state index contributed by atoms with van der Waals surface area (Å²) in [6, 6.07) is -0.928. The van der Waals surface area contributed by atoms with E-state index in [-0.39, 0.29) is 6.42 Å². The lowest BCUT2D eigenvalue weighted by Gasteiger charge is -2.33. The molecule has 76 valence electrons. The van der Waals surface area contributed by atoms with Gasteiger partial charge in [0, 0.05) is 6.42 Å². The van der Waals surface area contributed by atoms with E-state index in [0.29, 0.717) is 12.8 Å². The molecule has 1 fully saturated rings. The molecule has 1 aliphatic carbocycles. The molecule has 0 bridgehead atoms. The van der Waals surface area contributed by atoms with E-state index in [2.05, 4.69) is 0 Å². The van der Waals surface area contributed by atoms with Crippen LogP contribution in [0, 0.1) is 0 Å². The van der Waals surface area contributed by atoms with Crippen molar-refractivity contribution in [3.05, 3.63) is 0 Å². The van der Waals surface area contributed by atoms with Crippen molar-refractivity contribution in [2.45, 2.75) is 50.2 Å². The average molecular weight is 187 g/mol. The monoisotopic (exact) mass is 187 g/mol. The van der Waals surface area contributed by atoms with Crippen LogP contribution in [0.15, 0.2) is 0 Å². The summed E-state index contributed by atoms with van der Waals surface area (Å²) >= 11 is 0. The number of carbonyl (C=O) groups is 1. The van der Waals surface area contributed by atoms with E-state index in [1.807, 2.05) is 0 Å². The second-order valence-electron chi connectivity index (χ2n) is 3.93. The van der Waals surface area contributed by atoms with Crippen LogP contribution in [-0.4, -0.2) is 27.8 Å². The maximum absolute atomic E-state index is 10.5. The third kappa shape index (κ3) is 2.97. The number of rotatable bonds is 3. The molecule has 1 atom stereocenters. The lowest BCUT2D eigenvalue weighted by atomic mass is 9.80. The predicted octanol–water partition coefficient (Wildman–Crippen LogP) is 0.484. The number of hydrogen-bond donors (Lipinski definition) is 3. The topological polar surface area (TPSA) is 83.5 Å². The Labute approximate surface area is 77.7 Å².